The Morgan fingerprint density at radius 2 is 2.03 bits per heavy atom. The molecule has 10 heteroatoms. The van der Waals surface area contributed by atoms with E-state index in [-0.39, 0.29) is 11.9 Å². The van der Waals surface area contributed by atoms with E-state index in [9.17, 15) is 9.59 Å². The molecule has 1 saturated heterocycles. The summed E-state index contributed by atoms with van der Waals surface area (Å²) < 4.78 is 1.91. The Balaban J connectivity index is 0.000000317. The molecular formula is C28H30ClN7O2. The molecule has 0 spiro atoms. The Morgan fingerprint density at radius 3 is 2.68 bits per heavy atom. The first kappa shape index (κ1) is 27.0. The summed E-state index contributed by atoms with van der Waals surface area (Å²) in [5.74, 6) is 0.353. The fraction of sp³-hybridized carbons (Fsp3) is 0.250. The number of fused-ring (bicyclic) bond motifs is 1. The molecule has 1 aliphatic heterocycles. The maximum atomic E-state index is 12.1. The minimum absolute atomic E-state index is 0.0294. The second-order valence-corrected chi connectivity index (χ2v) is 9.37. The number of carbonyl (C=O) groups is 2. The number of amides is 1. The van der Waals surface area contributed by atoms with E-state index < -0.39 is 0 Å². The Hall–Kier alpha value is -4.08. The van der Waals surface area contributed by atoms with Gasteiger partial charge >= 0.3 is 0 Å². The van der Waals surface area contributed by atoms with Crippen molar-refractivity contribution in [3.8, 4) is 11.3 Å². The van der Waals surface area contributed by atoms with Crippen LogP contribution in [0.15, 0.2) is 67.5 Å². The number of anilines is 1. The maximum Gasteiger partial charge on any atom is 0.246 e. The van der Waals surface area contributed by atoms with Crippen molar-refractivity contribution in [2.75, 3.05) is 25.9 Å². The average molecular weight is 532 g/mol. The van der Waals surface area contributed by atoms with Gasteiger partial charge in [0.1, 0.15) is 24.1 Å². The number of halogens is 1. The second-order valence-electron chi connectivity index (χ2n) is 8.94. The Morgan fingerprint density at radius 1 is 1.24 bits per heavy atom. The van der Waals surface area contributed by atoms with Crippen molar-refractivity contribution >= 4 is 40.6 Å². The number of aldehydes is 1. The molecule has 2 aromatic heterocycles. The summed E-state index contributed by atoms with van der Waals surface area (Å²) in [6.07, 6.45) is 5.42. The highest BCUT2D eigenvalue weighted by Crippen LogP contribution is 2.33. The van der Waals surface area contributed by atoms with Gasteiger partial charge in [-0.2, -0.15) is 5.10 Å². The third-order valence-corrected chi connectivity index (χ3v) is 6.57. The van der Waals surface area contributed by atoms with E-state index in [2.05, 4.69) is 34.0 Å². The van der Waals surface area contributed by atoms with Crippen molar-refractivity contribution in [1.82, 2.24) is 30.0 Å². The predicted octanol–water partition coefficient (Wildman–Crippen LogP) is 4.30. The number of likely N-dealkylation sites (tertiary alicyclic amines) is 1. The normalized spacial score (nSPS) is 15.0. The SMILES string of the molecule is C=CC(=O)N1CCCC(n2nc(-c3ccc(CNC)cc3)c3c(N)ncnc32)C1.O=Cc1cccc(Cl)c1. The van der Waals surface area contributed by atoms with Crippen LogP contribution in [-0.2, 0) is 11.3 Å². The Kier molecular flexibility index (Phi) is 8.83. The molecule has 0 bridgehead atoms. The van der Waals surface area contributed by atoms with Gasteiger partial charge in [0.05, 0.1) is 11.4 Å². The standard InChI is InChI=1S/C21H25N7O.C7H5ClO/c1-3-17(29)27-10-4-5-16(12-27)28-21-18(20(22)24-13-25-21)19(26-28)15-8-6-14(7-9-15)11-23-2;8-7-3-1-2-6(4-7)5-9/h3,6-9,13,16,23H,1,4-5,10-12H2,2H3,(H2,22,24,25);1-5H. The molecule has 1 fully saturated rings. The molecule has 1 aliphatic rings. The third-order valence-electron chi connectivity index (χ3n) is 6.34. The highest BCUT2D eigenvalue weighted by Gasteiger charge is 2.27. The molecular weight excluding hydrogens is 502 g/mol. The summed E-state index contributed by atoms with van der Waals surface area (Å²) in [6, 6.07) is 15.1. The summed E-state index contributed by atoms with van der Waals surface area (Å²) in [5.41, 5.74) is 10.4. The quantitative estimate of drug-likeness (QED) is 0.281. The molecule has 0 saturated carbocycles. The van der Waals surface area contributed by atoms with E-state index in [0.29, 0.717) is 28.6 Å². The molecule has 1 unspecified atom stereocenters. The summed E-state index contributed by atoms with van der Waals surface area (Å²) in [4.78, 5) is 32.7. The van der Waals surface area contributed by atoms with Crippen LogP contribution in [0.3, 0.4) is 0 Å². The average Bonchev–Trinajstić information content (AvgIpc) is 3.35. The number of benzene rings is 2. The van der Waals surface area contributed by atoms with Gasteiger partial charge < -0.3 is 16.0 Å². The number of hydrogen-bond acceptors (Lipinski definition) is 7. The highest BCUT2D eigenvalue weighted by molar-refractivity contribution is 6.30. The lowest BCUT2D eigenvalue weighted by atomic mass is 10.1. The monoisotopic (exact) mass is 531 g/mol. The third kappa shape index (κ3) is 6.07. The van der Waals surface area contributed by atoms with Crippen molar-refractivity contribution in [2.45, 2.75) is 25.4 Å². The van der Waals surface area contributed by atoms with Crippen molar-refractivity contribution in [3.05, 3.63) is 83.7 Å². The van der Waals surface area contributed by atoms with Gasteiger partial charge in [-0.1, -0.05) is 54.6 Å². The van der Waals surface area contributed by atoms with Gasteiger partial charge in [0.15, 0.2) is 5.65 Å². The van der Waals surface area contributed by atoms with Crippen LogP contribution in [0.5, 0.6) is 0 Å². The molecule has 9 nitrogen and oxygen atoms in total. The Labute approximate surface area is 226 Å². The van der Waals surface area contributed by atoms with Gasteiger partial charge in [0.2, 0.25) is 5.91 Å². The Bertz CT molecular complexity index is 1440. The molecule has 4 aromatic rings. The lowest BCUT2D eigenvalue weighted by Gasteiger charge is -2.32. The molecule has 0 aliphatic carbocycles. The highest BCUT2D eigenvalue weighted by atomic mass is 35.5. The van der Waals surface area contributed by atoms with Gasteiger partial charge in [0.25, 0.3) is 0 Å². The smallest absolute Gasteiger partial charge is 0.246 e. The van der Waals surface area contributed by atoms with Crippen LogP contribution in [-0.4, -0.2) is 57.0 Å². The molecule has 1 atom stereocenters. The van der Waals surface area contributed by atoms with E-state index in [1.165, 1.54) is 18.0 Å². The zero-order valence-corrected chi connectivity index (χ0v) is 21.9. The topological polar surface area (TPSA) is 119 Å². The maximum absolute atomic E-state index is 12.1. The summed E-state index contributed by atoms with van der Waals surface area (Å²) in [5, 5.41) is 9.39. The first-order valence-electron chi connectivity index (χ1n) is 12.3. The van der Waals surface area contributed by atoms with Gasteiger partial charge in [-0.3, -0.25) is 9.59 Å². The molecule has 0 radical (unpaired) electrons. The minimum Gasteiger partial charge on any atom is -0.383 e. The summed E-state index contributed by atoms with van der Waals surface area (Å²) in [7, 11) is 1.92. The summed E-state index contributed by atoms with van der Waals surface area (Å²) in [6.45, 7) is 5.71. The molecule has 2 aromatic carbocycles. The first-order valence-corrected chi connectivity index (χ1v) is 12.7. The van der Waals surface area contributed by atoms with Crippen molar-refractivity contribution in [1.29, 1.82) is 0 Å². The second kappa shape index (κ2) is 12.4. The number of piperidine rings is 1. The van der Waals surface area contributed by atoms with Crippen LogP contribution in [0.1, 0.15) is 34.8 Å². The molecule has 5 rings (SSSR count). The van der Waals surface area contributed by atoms with Crippen LogP contribution in [0.2, 0.25) is 5.02 Å². The van der Waals surface area contributed by atoms with E-state index in [0.717, 1.165) is 48.9 Å². The van der Waals surface area contributed by atoms with Crippen LogP contribution >= 0.6 is 11.6 Å². The van der Waals surface area contributed by atoms with Gasteiger partial charge in [-0.15, -0.1) is 0 Å². The number of nitrogens with two attached hydrogens (primary N) is 1. The number of rotatable bonds is 6. The molecule has 3 N–H and O–H groups in total. The van der Waals surface area contributed by atoms with Gasteiger partial charge in [-0.25, -0.2) is 14.6 Å². The fourth-order valence-corrected chi connectivity index (χ4v) is 4.70. The first-order chi connectivity index (χ1) is 18.4. The van der Waals surface area contributed by atoms with Crippen molar-refractivity contribution in [3.63, 3.8) is 0 Å². The largest absolute Gasteiger partial charge is 0.383 e. The van der Waals surface area contributed by atoms with Gasteiger partial charge in [0, 0.05) is 35.8 Å². The zero-order chi connectivity index (χ0) is 27.1. The lowest BCUT2D eigenvalue weighted by molar-refractivity contribution is -0.127. The predicted molar refractivity (Wildman–Crippen MR) is 150 cm³/mol. The van der Waals surface area contributed by atoms with E-state index in [4.69, 9.17) is 22.4 Å². The number of hydrogen-bond donors (Lipinski definition) is 2. The van der Waals surface area contributed by atoms with Crippen molar-refractivity contribution < 1.29 is 9.59 Å². The lowest BCUT2D eigenvalue weighted by Crippen LogP contribution is -2.40. The van der Waals surface area contributed by atoms with Crippen LogP contribution < -0.4 is 11.1 Å². The summed E-state index contributed by atoms with van der Waals surface area (Å²) >= 11 is 5.56. The van der Waals surface area contributed by atoms with Crippen LogP contribution in [0, 0.1) is 0 Å². The van der Waals surface area contributed by atoms with E-state index >= 15 is 0 Å². The van der Waals surface area contributed by atoms with Gasteiger partial charge in [-0.05, 0) is 43.7 Å². The molecule has 196 valence electrons. The molecule has 3 heterocycles. The number of carbonyl (C=O) groups excluding carboxylic acids is 2. The van der Waals surface area contributed by atoms with E-state index in [1.807, 2.05) is 28.8 Å². The molecule has 1 amide bonds. The number of nitrogens with one attached hydrogen (secondary N) is 1. The molecule has 38 heavy (non-hydrogen) atoms. The number of nitrogens with zero attached hydrogens (tertiary/aromatic N) is 5. The minimum atomic E-state index is -0.0550. The number of nitrogen functional groups attached to an aromatic ring is 1. The van der Waals surface area contributed by atoms with E-state index in [1.54, 1.807) is 24.3 Å². The van der Waals surface area contributed by atoms with Crippen molar-refractivity contribution in [2.24, 2.45) is 0 Å². The van der Waals surface area contributed by atoms with Crippen LogP contribution in [0.25, 0.3) is 22.3 Å². The van der Waals surface area contributed by atoms with Crippen LogP contribution in [0.4, 0.5) is 5.82 Å². The fourth-order valence-electron chi connectivity index (χ4n) is 4.50. The zero-order valence-electron chi connectivity index (χ0n) is 21.2. The number of aromatic nitrogens is 4.